The Hall–Kier alpha value is -1.22. The van der Waals surface area contributed by atoms with Crippen molar-refractivity contribution in [2.45, 2.75) is 13.8 Å². The largest absolute Gasteiger partial charge is 0.289 e. The average Bonchev–Trinajstić information content (AvgIpc) is 2.29. The van der Waals surface area contributed by atoms with E-state index in [1.807, 2.05) is 25.1 Å². The van der Waals surface area contributed by atoms with E-state index in [0.717, 1.165) is 0 Å². The number of benzene rings is 1. The Labute approximate surface area is 92.5 Å². The van der Waals surface area contributed by atoms with E-state index < -0.39 is 10.8 Å². The molecular weight excluding hydrogens is 208 g/mol. The lowest BCUT2D eigenvalue weighted by Gasteiger charge is -1.98. The van der Waals surface area contributed by atoms with Crippen LogP contribution in [0.1, 0.15) is 24.2 Å². The molecule has 0 N–H and O–H groups in total. The molecule has 15 heavy (non-hydrogen) atoms. The van der Waals surface area contributed by atoms with E-state index in [9.17, 15) is 9.00 Å². The summed E-state index contributed by atoms with van der Waals surface area (Å²) in [6.45, 7) is 3.56. The van der Waals surface area contributed by atoms with Crippen LogP contribution in [-0.2, 0) is 10.8 Å². The molecule has 1 aromatic carbocycles. The van der Waals surface area contributed by atoms with Gasteiger partial charge >= 0.3 is 0 Å². The summed E-state index contributed by atoms with van der Waals surface area (Å²) in [5, 5.41) is 0. The molecule has 0 aliphatic rings. The molecule has 0 saturated carbocycles. The number of ketones is 1. The molecule has 0 fully saturated rings. The minimum Gasteiger partial charge on any atom is -0.289 e. The minimum absolute atomic E-state index is 0.0881. The molecule has 0 radical (unpaired) electrons. The highest BCUT2D eigenvalue weighted by Gasteiger charge is 2.04. The molecule has 0 aliphatic heterocycles. The van der Waals surface area contributed by atoms with Crippen LogP contribution in [0.3, 0.4) is 0 Å². The van der Waals surface area contributed by atoms with Crippen molar-refractivity contribution in [1.82, 2.24) is 0 Å². The Morgan fingerprint density at radius 3 is 2.47 bits per heavy atom. The van der Waals surface area contributed by atoms with Crippen molar-refractivity contribution in [1.29, 1.82) is 0 Å². The maximum atomic E-state index is 11.7. The molecule has 1 rings (SSSR count). The quantitative estimate of drug-likeness (QED) is 0.579. The molecule has 0 aliphatic carbocycles. The summed E-state index contributed by atoms with van der Waals surface area (Å²) in [5.41, 5.74) is 0.630. The number of hydrogen-bond donors (Lipinski definition) is 0. The van der Waals surface area contributed by atoms with Crippen molar-refractivity contribution >= 4 is 16.6 Å². The highest BCUT2D eigenvalue weighted by Crippen LogP contribution is 2.06. The van der Waals surface area contributed by atoms with Crippen LogP contribution >= 0.6 is 0 Å². The SMILES string of the molecule is CCS(=O)C(C)=CC(=O)c1ccccc1. The van der Waals surface area contributed by atoms with E-state index in [4.69, 9.17) is 0 Å². The highest BCUT2D eigenvalue weighted by atomic mass is 32.2. The average molecular weight is 222 g/mol. The molecular formula is C12H14O2S. The summed E-state index contributed by atoms with van der Waals surface area (Å²) in [5.74, 6) is 0.458. The van der Waals surface area contributed by atoms with Crippen molar-refractivity contribution in [3.8, 4) is 0 Å². The van der Waals surface area contributed by atoms with Crippen molar-refractivity contribution in [3.63, 3.8) is 0 Å². The van der Waals surface area contributed by atoms with Gasteiger partial charge in [0.1, 0.15) is 0 Å². The Morgan fingerprint density at radius 1 is 1.33 bits per heavy atom. The summed E-state index contributed by atoms with van der Waals surface area (Å²) < 4.78 is 11.4. The first-order valence-corrected chi connectivity index (χ1v) is 6.13. The fourth-order valence-corrected chi connectivity index (χ4v) is 1.86. The van der Waals surface area contributed by atoms with Crippen LogP contribution in [0.25, 0.3) is 0 Å². The first-order valence-electron chi connectivity index (χ1n) is 4.81. The Balaban J connectivity index is 2.84. The van der Waals surface area contributed by atoms with Crippen molar-refractivity contribution in [3.05, 3.63) is 46.9 Å². The van der Waals surface area contributed by atoms with Gasteiger partial charge in [0.2, 0.25) is 0 Å². The van der Waals surface area contributed by atoms with E-state index in [-0.39, 0.29) is 5.78 Å². The van der Waals surface area contributed by atoms with Crippen LogP contribution in [-0.4, -0.2) is 15.7 Å². The second-order valence-electron chi connectivity index (χ2n) is 3.12. The van der Waals surface area contributed by atoms with Crippen LogP contribution in [0.4, 0.5) is 0 Å². The minimum atomic E-state index is -1.03. The monoisotopic (exact) mass is 222 g/mol. The number of allylic oxidation sites excluding steroid dienone is 2. The van der Waals surface area contributed by atoms with Gasteiger partial charge in [-0.25, -0.2) is 0 Å². The van der Waals surface area contributed by atoms with Crippen molar-refractivity contribution in [2.24, 2.45) is 0 Å². The van der Waals surface area contributed by atoms with Gasteiger partial charge < -0.3 is 0 Å². The molecule has 0 amide bonds. The number of carbonyl (C=O) groups is 1. The normalized spacial score (nSPS) is 13.6. The predicted molar refractivity (Wildman–Crippen MR) is 63.2 cm³/mol. The van der Waals surface area contributed by atoms with Gasteiger partial charge in [0, 0.05) is 27.0 Å². The smallest absolute Gasteiger partial charge is 0.186 e. The van der Waals surface area contributed by atoms with Gasteiger partial charge in [-0.2, -0.15) is 0 Å². The summed E-state index contributed by atoms with van der Waals surface area (Å²) in [6, 6.07) is 8.99. The number of hydrogen-bond acceptors (Lipinski definition) is 2. The fourth-order valence-electron chi connectivity index (χ4n) is 1.16. The summed E-state index contributed by atoms with van der Waals surface area (Å²) in [6.07, 6.45) is 1.45. The lowest BCUT2D eigenvalue weighted by molar-refractivity contribution is 0.104. The van der Waals surface area contributed by atoms with Crippen molar-refractivity contribution < 1.29 is 9.00 Å². The van der Waals surface area contributed by atoms with Gasteiger partial charge in [0.05, 0.1) is 0 Å². The van der Waals surface area contributed by atoms with Gasteiger partial charge in [-0.15, -0.1) is 0 Å². The molecule has 0 heterocycles. The van der Waals surface area contributed by atoms with Crippen molar-refractivity contribution in [2.75, 3.05) is 5.75 Å². The number of carbonyl (C=O) groups excluding carboxylic acids is 1. The highest BCUT2D eigenvalue weighted by molar-refractivity contribution is 7.88. The Kier molecular flexibility index (Phi) is 4.43. The maximum absolute atomic E-state index is 11.7. The Morgan fingerprint density at radius 2 is 1.93 bits per heavy atom. The first-order chi connectivity index (χ1) is 7.15. The molecule has 1 unspecified atom stereocenters. The Bertz CT molecular complexity index is 393. The van der Waals surface area contributed by atoms with E-state index in [1.165, 1.54) is 6.08 Å². The van der Waals surface area contributed by atoms with Gasteiger partial charge in [0.15, 0.2) is 5.78 Å². The first kappa shape index (κ1) is 11.9. The molecule has 0 spiro atoms. The van der Waals surface area contributed by atoms with Gasteiger partial charge in [0.25, 0.3) is 0 Å². The van der Waals surface area contributed by atoms with E-state index in [2.05, 4.69) is 0 Å². The van der Waals surface area contributed by atoms with Crippen LogP contribution in [0, 0.1) is 0 Å². The van der Waals surface area contributed by atoms with Crippen LogP contribution in [0.15, 0.2) is 41.3 Å². The van der Waals surface area contributed by atoms with Crippen LogP contribution in [0.2, 0.25) is 0 Å². The summed E-state index contributed by atoms with van der Waals surface area (Å²) in [7, 11) is -1.03. The van der Waals surface area contributed by atoms with E-state index in [1.54, 1.807) is 19.1 Å². The van der Waals surface area contributed by atoms with Crippen LogP contribution < -0.4 is 0 Å². The fraction of sp³-hybridized carbons (Fsp3) is 0.250. The zero-order valence-electron chi connectivity index (χ0n) is 8.90. The van der Waals surface area contributed by atoms with E-state index in [0.29, 0.717) is 16.2 Å². The lowest BCUT2D eigenvalue weighted by Crippen LogP contribution is -2.00. The molecule has 2 nitrogen and oxygen atoms in total. The summed E-state index contributed by atoms with van der Waals surface area (Å²) in [4.78, 5) is 12.3. The van der Waals surface area contributed by atoms with Gasteiger partial charge in [-0.3, -0.25) is 9.00 Å². The van der Waals surface area contributed by atoms with E-state index >= 15 is 0 Å². The topological polar surface area (TPSA) is 34.1 Å². The molecule has 0 aromatic heterocycles. The third kappa shape index (κ3) is 3.44. The molecule has 0 saturated heterocycles. The number of rotatable bonds is 4. The predicted octanol–water partition coefficient (Wildman–Crippen LogP) is 2.54. The summed E-state index contributed by atoms with van der Waals surface area (Å²) >= 11 is 0. The van der Waals surface area contributed by atoms with Crippen LogP contribution in [0.5, 0.6) is 0 Å². The third-order valence-corrected chi connectivity index (χ3v) is 3.37. The second kappa shape index (κ2) is 5.61. The zero-order chi connectivity index (χ0) is 11.3. The lowest BCUT2D eigenvalue weighted by atomic mass is 10.1. The standard InChI is InChI=1S/C12H14O2S/c1-3-15(14)10(2)9-12(13)11-7-5-4-6-8-11/h4-9H,3H2,1-2H3. The molecule has 1 aromatic rings. The molecule has 80 valence electrons. The second-order valence-corrected chi connectivity index (χ2v) is 5.03. The molecule has 3 heteroatoms. The van der Waals surface area contributed by atoms with Gasteiger partial charge in [-0.1, -0.05) is 37.3 Å². The third-order valence-electron chi connectivity index (χ3n) is 2.01. The zero-order valence-corrected chi connectivity index (χ0v) is 9.71. The molecule has 1 atom stereocenters. The van der Waals surface area contributed by atoms with Gasteiger partial charge in [-0.05, 0) is 13.0 Å². The molecule has 0 bridgehead atoms. The maximum Gasteiger partial charge on any atom is 0.186 e.